The van der Waals surface area contributed by atoms with E-state index in [1.54, 1.807) is 7.11 Å². The van der Waals surface area contributed by atoms with Crippen molar-refractivity contribution in [2.75, 3.05) is 7.11 Å². The van der Waals surface area contributed by atoms with Gasteiger partial charge in [-0.15, -0.1) is 0 Å². The van der Waals surface area contributed by atoms with Gasteiger partial charge in [-0.25, -0.2) is 4.98 Å². The summed E-state index contributed by atoms with van der Waals surface area (Å²) in [7, 11) is 1.63. The number of aryl methyl sites for hydroxylation is 1. The molecule has 1 fully saturated rings. The van der Waals surface area contributed by atoms with Crippen LogP contribution >= 0.6 is 0 Å². The number of ketones is 1. The molecule has 1 aliphatic rings. The van der Waals surface area contributed by atoms with Gasteiger partial charge in [0, 0.05) is 13.7 Å². The number of benzene rings is 1. The Labute approximate surface area is 125 Å². The number of ether oxygens (including phenoxy) is 1. The van der Waals surface area contributed by atoms with Crippen molar-refractivity contribution >= 4 is 16.8 Å². The topological polar surface area (TPSA) is 44.1 Å². The number of hydrogen-bond donors (Lipinski definition) is 0. The lowest BCUT2D eigenvalue weighted by Crippen LogP contribution is -2.28. The number of hydrogen-bond acceptors (Lipinski definition) is 3. The minimum absolute atomic E-state index is 0.160. The molecule has 1 unspecified atom stereocenters. The van der Waals surface area contributed by atoms with Gasteiger partial charge in [0.05, 0.1) is 17.5 Å². The quantitative estimate of drug-likeness (QED) is 0.786. The van der Waals surface area contributed by atoms with E-state index in [2.05, 4.69) is 22.5 Å². The SMILES string of the molecule is CCCn1c(CC(=O)C(OC)C2CC2)nc2ccccc21. The lowest BCUT2D eigenvalue weighted by Gasteiger charge is -2.13. The van der Waals surface area contributed by atoms with Crippen molar-refractivity contribution < 1.29 is 9.53 Å². The Bertz CT molecular complexity index is 643. The largest absolute Gasteiger partial charge is 0.373 e. The first kappa shape index (κ1) is 14.3. The average molecular weight is 286 g/mol. The maximum absolute atomic E-state index is 12.5. The average Bonchev–Trinajstić information content (AvgIpc) is 3.25. The summed E-state index contributed by atoms with van der Waals surface area (Å²) in [5.41, 5.74) is 2.08. The van der Waals surface area contributed by atoms with Crippen molar-refractivity contribution in [3.63, 3.8) is 0 Å². The van der Waals surface area contributed by atoms with Crippen LogP contribution in [0, 0.1) is 5.92 Å². The Kier molecular flexibility index (Phi) is 4.06. The molecule has 4 heteroatoms. The van der Waals surface area contributed by atoms with Crippen molar-refractivity contribution in [2.45, 2.75) is 45.3 Å². The minimum atomic E-state index is -0.250. The standard InChI is InChI=1S/C17H22N2O2/c1-3-10-19-14-7-5-4-6-13(14)18-16(19)11-15(20)17(21-2)12-8-9-12/h4-7,12,17H,3,8-11H2,1-2H3. The second-order valence-corrected chi connectivity index (χ2v) is 5.81. The molecule has 0 radical (unpaired) electrons. The third-order valence-corrected chi connectivity index (χ3v) is 4.13. The maximum Gasteiger partial charge on any atom is 0.169 e. The molecule has 21 heavy (non-hydrogen) atoms. The van der Waals surface area contributed by atoms with Crippen LogP contribution in [0.1, 0.15) is 32.0 Å². The van der Waals surface area contributed by atoms with Crippen LogP contribution in [0.15, 0.2) is 24.3 Å². The van der Waals surface area contributed by atoms with E-state index < -0.39 is 0 Å². The lowest BCUT2D eigenvalue weighted by atomic mass is 10.1. The summed E-state index contributed by atoms with van der Waals surface area (Å²) in [5, 5.41) is 0. The van der Waals surface area contributed by atoms with E-state index in [9.17, 15) is 4.79 Å². The zero-order chi connectivity index (χ0) is 14.8. The Hall–Kier alpha value is -1.68. The van der Waals surface area contributed by atoms with Crippen molar-refractivity contribution in [3.8, 4) is 0 Å². The first-order valence-corrected chi connectivity index (χ1v) is 7.74. The molecule has 1 aromatic carbocycles. The van der Waals surface area contributed by atoms with Crippen LogP contribution in [0.4, 0.5) is 0 Å². The van der Waals surface area contributed by atoms with Gasteiger partial charge in [-0.1, -0.05) is 19.1 Å². The number of methoxy groups -OCH3 is 1. The number of rotatable bonds is 7. The highest BCUT2D eigenvalue weighted by Gasteiger charge is 2.36. The number of fused-ring (bicyclic) bond motifs is 1. The molecule has 112 valence electrons. The molecule has 0 spiro atoms. The van der Waals surface area contributed by atoms with Gasteiger partial charge in [-0.3, -0.25) is 4.79 Å². The second-order valence-electron chi connectivity index (χ2n) is 5.81. The van der Waals surface area contributed by atoms with Gasteiger partial charge < -0.3 is 9.30 Å². The fraction of sp³-hybridized carbons (Fsp3) is 0.529. The highest BCUT2D eigenvalue weighted by atomic mass is 16.5. The molecule has 1 heterocycles. The third-order valence-electron chi connectivity index (χ3n) is 4.13. The van der Waals surface area contributed by atoms with E-state index in [-0.39, 0.29) is 11.9 Å². The van der Waals surface area contributed by atoms with Crippen molar-refractivity contribution in [1.29, 1.82) is 0 Å². The van der Waals surface area contributed by atoms with Crippen LogP contribution in [0.25, 0.3) is 11.0 Å². The van der Waals surface area contributed by atoms with Crippen molar-refractivity contribution in [1.82, 2.24) is 9.55 Å². The third kappa shape index (κ3) is 2.86. The molecule has 0 bridgehead atoms. The summed E-state index contributed by atoms with van der Waals surface area (Å²) < 4.78 is 7.57. The van der Waals surface area contributed by atoms with E-state index in [1.165, 1.54) is 0 Å². The highest BCUT2D eigenvalue weighted by Crippen LogP contribution is 2.35. The first-order chi connectivity index (χ1) is 10.2. The Morgan fingerprint density at radius 3 is 2.86 bits per heavy atom. The van der Waals surface area contributed by atoms with Crippen LogP contribution in [0.5, 0.6) is 0 Å². The molecular weight excluding hydrogens is 264 g/mol. The maximum atomic E-state index is 12.5. The predicted octanol–water partition coefficient (Wildman–Crippen LogP) is 2.98. The van der Waals surface area contributed by atoms with Gasteiger partial charge >= 0.3 is 0 Å². The van der Waals surface area contributed by atoms with E-state index >= 15 is 0 Å². The van der Waals surface area contributed by atoms with Crippen molar-refractivity contribution in [2.24, 2.45) is 5.92 Å². The van der Waals surface area contributed by atoms with Crippen molar-refractivity contribution in [3.05, 3.63) is 30.1 Å². The van der Waals surface area contributed by atoms with Crippen LogP contribution in [-0.4, -0.2) is 28.5 Å². The fourth-order valence-electron chi connectivity index (χ4n) is 2.98. The molecule has 1 saturated carbocycles. The number of para-hydroxylation sites is 2. The fourth-order valence-corrected chi connectivity index (χ4v) is 2.98. The van der Waals surface area contributed by atoms with Gasteiger partial charge in [0.25, 0.3) is 0 Å². The smallest absolute Gasteiger partial charge is 0.169 e. The summed E-state index contributed by atoms with van der Waals surface area (Å²) in [6.45, 7) is 3.03. The van der Waals surface area contributed by atoms with Crippen LogP contribution < -0.4 is 0 Å². The molecule has 0 aliphatic heterocycles. The van der Waals surface area contributed by atoms with Crippen LogP contribution in [0.3, 0.4) is 0 Å². The van der Waals surface area contributed by atoms with Gasteiger partial charge in [0.2, 0.25) is 0 Å². The minimum Gasteiger partial charge on any atom is -0.373 e. The summed E-state index contributed by atoms with van der Waals surface area (Å²) >= 11 is 0. The molecule has 1 aromatic heterocycles. The number of nitrogens with zero attached hydrogens (tertiary/aromatic N) is 2. The molecule has 0 N–H and O–H groups in total. The Balaban J connectivity index is 1.88. The van der Waals surface area contributed by atoms with E-state index in [1.807, 2.05) is 18.2 Å². The predicted molar refractivity (Wildman–Crippen MR) is 82.3 cm³/mol. The number of imidazole rings is 1. The van der Waals surface area contributed by atoms with Crippen LogP contribution in [0.2, 0.25) is 0 Å². The molecule has 0 saturated heterocycles. The number of aromatic nitrogens is 2. The van der Waals surface area contributed by atoms with E-state index in [4.69, 9.17) is 4.74 Å². The first-order valence-electron chi connectivity index (χ1n) is 7.74. The number of carbonyl (C=O) groups is 1. The normalized spacial score (nSPS) is 16.3. The number of carbonyl (C=O) groups excluding carboxylic acids is 1. The second kappa shape index (κ2) is 5.98. The van der Waals surface area contributed by atoms with Gasteiger partial charge in [-0.2, -0.15) is 0 Å². The summed E-state index contributed by atoms with van der Waals surface area (Å²) in [6.07, 6.45) is 3.35. The molecule has 3 rings (SSSR count). The van der Waals surface area contributed by atoms with E-state index in [0.717, 1.165) is 42.7 Å². The molecule has 1 atom stereocenters. The summed E-state index contributed by atoms with van der Waals surface area (Å²) in [5.74, 6) is 1.45. The highest BCUT2D eigenvalue weighted by molar-refractivity contribution is 5.86. The summed E-state index contributed by atoms with van der Waals surface area (Å²) in [6, 6.07) is 8.08. The Morgan fingerprint density at radius 2 is 2.19 bits per heavy atom. The monoisotopic (exact) mass is 286 g/mol. The van der Waals surface area contributed by atoms with Gasteiger partial charge in [0.15, 0.2) is 5.78 Å². The molecular formula is C17H22N2O2. The summed E-state index contributed by atoms with van der Waals surface area (Å²) in [4.78, 5) is 17.1. The van der Waals surface area contributed by atoms with E-state index in [0.29, 0.717) is 12.3 Å². The number of Topliss-reactive ketones (excluding diaryl/α,β-unsaturated/α-hetero) is 1. The molecule has 1 aliphatic carbocycles. The van der Waals surface area contributed by atoms with Gasteiger partial charge in [-0.05, 0) is 37.3 Å². The van der Waals surface area contributed by atoms with Crippen LogP contribution in [-0.2, 0) is 22.5 Å². The zero-order valence-corrected chi connectivity index (χ0v) is 12.7. The Morgan fingerprint density at radius 1 is 1.43 bits per heavy atom. The lowest BCUT2D eigenvalue weighted by molar-refractivity contribution is -0.129. The molecule has 0 amide bonds. The van der Waals surface area contributed by atoms with Gasteiger partial charge in [0.1, 0.15) is 11.9 Å². The molecule has 4 nitrogen and oxygen atoms in total. The zero-order valence-electron chi connectivity index (χ0n) is 12.7. The molecule has 2 aromatic rings.